The maximum absolute atomic E-state index is 14.0. The van der Waals surface area contributed by atoms with Gasteiger partial charge in [-0.25, -0.2) is 9.18 Å². The van der Waals surface area contributed by atoms with Crippen molar-refractivity contribution in [2.45, 2.75) is 20.5 Å². The number of ether oxygens (including phenoxy) is 1. The molecule has 2 N–H and O–H groups in total. The molecule has 0 radical (unpaired) electrons. The number of rotatable bonds is 4. The maximum atomic E-state index is 14.0. The number of aryl methyl sites for hydroxylation is 1. The number of aromatic nitrogens is 2. The van der Waals surface area contributed by atoms with Crippen LogP contribution >= 0.6 is 0 Å². The first-order valence-electron chi connectivity index (χ1n) is 6.20. The number of carbonyl (C=O) groups is 1. The number of aliphatic hydroxyl groups excluding tert-OH is 1. The van der Waals surface area contributed by atoms with Crippen LogP contribution in [0.25, 0.3) is 11.3 Å². The summed E-state index contributed by atoms with van der Waals surface area (Å²) in [5.41, 5.74) is 1.31. The highest BCUT2D eigenvalue weighted by Crippen LogP contribution is 2.30. The van der Waals surface area contributed by atoms with Crippen LogP contribution in [0.4, 0.5) is 4.39 Å². The van der Waals surface area contributed by atoms with Gasteiger partial charge in [0.25, 0.3) is 0 Å². The topological polar surface area (TPSA) is 75.2 Å². The second-order valence-corrected chi connectivity index (χ2v) is 4.22. The molecule has 0 amide bonds. The molecule has 0 aliphatic heterocycles. The van der Waals surface area contributed by atoms with Crippen LogP contribution in [-0.2, 0) is 11.3 Å². The van der Waals surface area contributed by atoms with Crippen molar-refractivity contribution in [1.82, 2.24) is 10.2 Å². The van der Waals surface area contributed by atoms with Crippen LogP contribution in [0.1, 0.15) is 28.5 Å². The van der Waals surface area contributed by atoms with Crippen molar-refractivity contribution in [2.75, 3.05) is 6.61 Å². The molecule has 1 aromatic heterocycles. The Hall–Kier alpha value is -2.21. The largest absolute Gasteiger partial charge is 0.462 e. The molecule has 6 heteroatoms. The van der Waals surface area contributed by atoms with E-state index in [1.165, 1.54) is 12.1 Å². The Morgan fingerprint density at radius 1 is 1.50 bits per heavy atom. The van der Waals surface area contributed by atoms with Crippen molar-refractivity contribution in [3.05, 3.63) is 40.8 Å². The minimum absolute atomic E-state index is 0.113. The molecule has 1 aromatic carbocycles. The number of hydrogen-bond donors (Lipinski definition) is 2. The summed E-state index contributed by atoms with van der Waals surface area (Å²) in [4.78, 5) is 12.0. The molecule has 0 fully saturated rings. The number of halogens is 1. The van der Waals surface area contributed by atoms with E-state index >= 15 is 0 Å². The van der Waals surface area contributed by atoms with Crippen LogP contribution in [0, 0.1) is 12.7 Å². The summed E-state index contributed by atoms with van der Waals surface area (Å²) in [7, 11) is 0. The molecule has 0 unspecified atom stereocenters. The number of aromatic amines is 1. The van der Waals surface area contributed by atoms with Gasteiger partial charge < -0.3 is 9.84 Å². The van der Waals surface area contributed by atoms with Crippen LogP contribution < -0.4 is 0 Å². The molecule has 5 nitrogen and oxygen atoms in total. The van der Waals surface area contributed by atoms with Gasteiger partial charge in [-0.15, -0.1) is 0 Å². The average molecular weight is 278 g/mol. The summed E-state index contributed by atoms with van der Waals surface area (Å²) in [5, 5.41) is 16.0. The zero-order chi connectivity index (χ0) is 14.7. The normalized spacial score (nSPS) is 10.6. The number of H-pyrrole nitrogens is 1. The van der Waals surface area contributed by atoms with E-state index in [1.54, 1.807) is 19.9 Å². The van der Waals surface area contributed by atoms with E-state index in [0.29, 0.717) is 11.3 Å². The molecule has 1 heterocycles. The molecule has 0 atom stereocenters. The summed E-state index contributed by atoms with van der Waals surface area (Å²) >= 11 is 0. The van der Waals surface area contributed by atoms with Crippen molar-refractivity contribution in [3.8, 4) is 11.3 Å². The predicted molar refractivity (Wildman–Crippen MR) is 70.6 cm³/mol. The van der Waals surface area contributed by atoms with Gasteiger partial charge in [-0.1, -0.05) is 12.1 Å². The maximum Gasteiger partial charge on any atom is 0.342 e. The fraction of sp³-hybridized carbons (Fsp3) is 0.286. The lowest BCUT2D eigenvalue weighted by molar-refractivity contribution is 0.0526. The molecule has 0 saturated heterocycles. The van der Waals surface area contributed by atoms with Crippen LogP contribution in [0.2, 0.25) is 0 Å². The van der Waals surface area contributed by atoms with Crippen LogP contribution in [-0.4, -0.2) is 27.9 Å². The first-order valence-corrected chi connectivity index (χ1v) is 6.20. The zero-order valence-electron chi connectivity index (χ0n) is 11.2. The molecular weight excluding hydrogens is 263 g/mol. The third-order valence-electron chi connectivity index (χ3n) is 2.93. The van der Waals surface area contributed by atoms with Crippen molar-refractivity contribution in [2.24, 2.45) is 0 Å². The standard InChI is InChI=1S/C14H15FN2O3/c1-3-20-14(19)11-8(2)16-17-13(11)12-9(7-18)5-4-6-10(12)15/h4-6,18H,3,7H2,1-2H3,(H,16,17). The van der Waals surface area contributed by atoms with Gasteiger partial charge in [0.05, 0.1) is 13.2 Å². The number of nitrogens with zero attached hydrogens (tertiary/aromatic N) is 1. The molecular formula is C14H15FN2O3. The van der Waals surface area contributed by atoms with E-state index in [0.717, 1.165) is 0 Å². The van der Waals surface area contributed by atoms with E-state index in [9.17, 15) is 14.3 Å². The van der Waals surface area contributed by atoms with Crippen molar-refractivity contribution in [3.63, 3.8) is 0 Å². The van der Waals surface area contributed by atoms with E-state index in [-0.39, 0.29) is 30.0 Å². The number of benzene rings is 1. The summed E-state index contributed by atoms with van der Waals surface area (Å²) in [6.45, 7) is 3.21. The number of hydrogen-bond acceptors (Lipinski definition) is 4. The Morgan fingerprint density at radius 2 is 2.25 bits per heavy atom. The first-order chi connectivity index (χ1) is 9.60. The van der Waals surface area contributed by atoms with Gasteiger partial charge in [0.1, 0.15) is 17.1 Å². The Kier molecular flexibility index (Phi) is 4.14. The molecule has 20 heavy (non-hydrogen) atoms. The second-order valence-electron chi connectivity index (χ2n) is 4.22. The van der Waals surface area contributed by atoms with Gasteiger partial charge in [-0.05, 0) is 25.5 Å². The fourth-order valence-corrected chi connectivity index (χ4v) is 2.03. The minimum atomic E-state index is -0.569. The van der Waals surface area contributed by atoms with Gasteiger partial charge in [0.2, 0.25) is 0 Å². The molecule has 0 aliphatic carbocycles. The van der Waals surface area contributed by atoms with Crippen LogP contribution in [0.3, 0.4) is 0 Å². The fourth-order valence-electron chi connectivity index (χ4n) is 2.03. The summed E-state index contributed by atoms with van der Waals surface area (Å²) in [6, 6.07) is 4.33. The lowest BCUT2D eigenvalue weighted by Gasteiger charge is -2.08. The summed E-state index contributed by atoms with van der Waals surface area (Å²) in [5.74, 6) is -1.12. The molecule has 2 rings (SSSR count). The second kappa shape index (κ2) is 5.83. The number of nitrogens with one attached hydrogen (secondary N) is 1. The van der Waals surface area contributed by atoms with Gasteiger partial charge in [-0.3, -0.25) is 5.10 Å². The lowest BCUT2D eigenvalue weighted by atomic mass is 10.0. The third kappa shape index (κ3) is 2.42. The van der Waals surface area contributed by atoms with E-state index in [2.05, 4.69) is 10.2 Å². The van der Waals surface area contributed by atoms with Crippen molar-refractivity contribution in [1.29, 1.82) is 0 Å². The van der Waals surface area contributed by atoms with Crippen molar-refractivity contribution >= 4 is 5.97 Å². The zero-order valence-corrected chi connectivity index (χ0v) is 11.2. The number of esters is 1. The molecule has 0 saturated carbocycles. The summed E-state index contributed by atoms with van der Waals surface area (Å²) < 4.78 is 19.0. The molecule has 106 valence electrons. The molecule has 0 aliphatic rings. The van der Waals surface area contributed by atoms with E-state index in [4.69, 9.17) is 4.74 Å². The smallest absolute Gasteiger partial charge is 0.342 e. The monoisotopic (exact) mass is 278 g/mol. The molecule has 2 aromatic rings. The van der Waals surface area contributed by atoms with Gasteiger partial charge in [0.15, 0.2) is 0 Å². The average Bonchev–Trinajstić information content (AvgIpc) is 2.80. The molecule has 0 bridgehead atoms. The highest BCUT2D eigenvalue weighted by Gasteiger charge is 2.24. The van der Waals surface area contributed by atoms with E-state index in [1.807, 2.05) is 0 Å². The predicted octanol–water partition coefficient (Wildman–Crippen LogP) is 2.19. The highest BCUT2D eigenvalue weighted by atomic mass is 19.1. The molecule has 0 spiro atoms. The Bertz CT molecular complexity index is 637. The van der Waals surface area contributed by atoms with Crippen molar-refractivity contribution < 1.29 is 19.0 Å². The van der Waals surface area contributed by atoms with Crippen LogP contribution in [0.5, 0.6) is 0 Å². The quantitative estimate of drug-likeness (QED) is 0.841. The Morgan fingerprint density at radius 3 is 2.90 bits per heavy atom. The van der Waals surface area contributed by atoms with Gasteiger partial charge in [0, 0.05) is 11.3 Å². The number of carbonyl (C=O) groups excluding carboxylic acids is 1. The lowest BCUT2D eigenvalue weighted by Crippen LogP contribution is -2.08. The SMILES string of the molecule is CCOC(=O)c1c(-c2c(F)cccc2CO)n[nH]c1C. The summed E-state index contributed by atoms with van der Waals surface area (Å²) in [6.07, 6.45) is 0. The number of aliphatic hydroxyl groups is 1. The van der Waals surface area contributed by atoms with Gasteiger partial charge >= 0.3 is 5.97 Å². The van der Waals surface area contributed by atoms with Gasteiger partial charge in [-0.2, -0.15) is 5.10 Å². The highest BCUT2D eigenvalue weighted by molar-refractivity contribution is 5.97. The first kappa shape index (κ1) is 14.2. The minimum Gasteiger partial charge on any atom is -0.462 e. The Balaban J connectivity index is 2.63. The Labute approximate surface area is 115 Å². The third-order valence-corrected chi connectivity index (χ3v) is 2.93. The van der Waals surface area contributed by atoms with Crippen LogP contribution in [0.15, 0.2) is 18.2 Å². The van der Waals surface area contributed by atoms with E-state index < -0.39 is 11.8 Å².